The van der Waals surface area contributed by atoms with Gasteiger partial charge in [-0.3, -0.25) is 9.69 Å². The van der Waals surface area contributed by atoms with Gasteiger partial charge >= 0.3 is 0 Å². The standard InChI is InChI=1S/C21H21ClN2O4S/c1-13-17(22)5-2-6-19(13)27-12-16-8-7-14(28-16)10-18-20(25)24(21(29)23-18)11-15-4-3-9-26-15/h2,5-8,10,15H,3-4,9,11-12H2,1H3,(H,23,29)/b18-10+. The first-order valence-electron chi connectivity index (χ1n) is 9.44. The van der Waals surface area contributed by atoms with Gasteiger partial charge in [-0.2, -0.15) is 0 Å². The average Bonchev–Trinajstić information content (AvgIpc) is 3.42. The molecule has 2 fully saturated rings. The van der Waals surface area contributed by atoms with E-state index in [0.717, 1.165) is 25.0 Å². The van der Waals surface area contributed by atoms with Gasteiger partial charge in [-0.05, 0) is 56.2 Å². The van der Waals surface area contributed by atoms with Crippen LogP contribution in [0.3, 0.4) is 0 Å². The Morgan fingerprint density at radius 1 is 1.38 bits per heavy atom. The summed E-state index contributed by atoms with van der Waals surface area (Å²) in [4.78, 5) is 14.2. The molecule has 0 bridgehead atoms. The van der Waals surface area contributed by atoms with Crippen LogP contribution in [0.5, 0.6) is 5.75 Å². The van der Waals surface area contributed by atoms with Crippen LogP contribution < -0.4 is 10.1 Å². The zero-order valence-electron chi connectivity index (χ0n) is 15.9. The lowest BCUT2D eigenvalue weighted by Gasteiger charge is -2.18. The Balaban J connectivity index is 1.40. The molecule has 3 heterocycles. The second-order valence-corrected chi connectivity index (χ2v) is 7.79. The third-order valence-electron chi connectivity index (χ3n) is 4.93. The van der Waals surface area contributed by atoms with Crippen molar-refractivity contribution in [2.45, 2.75) is 32.5 Å². The lowest BCUT2D eigenvalue weighted by Crippen LogP contribution is -2.37. The molecule has 1 unspecified atom stereocenters. The SMILES string of the molecule is Cc1c(Cl)cccc1OCc1ccc(/C=C2/NC(=S)N(CC3CCCO3)C2=O)o1. The van der Waals surface area contributed by atoms with Crippen LogP contribution in [0.15, 0.2) is 40.4 Å². The van der Waals surface area contributed by atoms with E-state index in [-0.39, 0.29) is 18.6 Å². The van der Waals surface area contributed by atoms with Crippen LogP contribution in [0, 0.1) is 6.92 Å². The van der Waals surface area contributed by atoms with Gasteiger partial charge in [0.15, 0.2) is 5.11 Å². The molecule has 152 valence electrons. The maximum absolute atomic E-state index is 12.7. The first-order chi connectivity index (χ1) is 14.0. The van der Waals surface area contributed by atoms with Gasteiger partial charge in [0, 0.05) is 23.3 Å². The van der Waals surface area contributed by atoms with E-state index >= 15 is 0 Å². The summed E-state index contributed by atoms with van der Waals surface area (Å²) in [6.45, 7) is 3.37. The van der Waals surface area contributed by atoms with Crippen LogP contribution in [0.2, 0.25) is 5.02 Å². The molecular weight excluding hydrogens is 412 g/mol. The number of nitrogens with zero attached hydrogens (tertiary/aromatic N) is 1. The number of hydrogen-bond donors (Lipinski definition) is 1. The highest BCUT2D eigenvalue weighted by atomic mass is 35.5. The van der Waals surface area contributed by atoms with Crippen molar-refractivity contribution in [1.29, 1.82) is 0 Å². The monoisotopic (exact) mass is 432 g/mol. The number of carbonyl (C=O) groups is 1. The van der Waals surface area contributed by atoms with Crippen molar-refractivity contribution in [2.24, 2.45) is 0 Å². The zero-order valence-corrected chi connectivity index (χ0v) is 17.5. The van der Waals surface area contributed by atoms with Crippen molar-refractivity contribution >= 4 is 40.9 Å². The Bertz CT molecular complexity index is 965. The molecule has 0 saturated carbocycles. The van der Waals surface area contributed by atoms with E-state index in [4.69, 9.17) is 37.7 Å². The molecule has 4 rings (SSSR count). The molecule has 1 atom stereocenters. The third kappa shape index (κ3) is 4.47. The van der Waals surface area contributed by atoms with E-state index in [1.165, 1.54) is 0 Å². The van der Waals surface area contributed by atoms with Crippen LogP contribution in [-0.2, 0) is 16.1 Å². The predicted molar refractivity (Wildman–Crippen MR) is 114 cm³/mol. The molecule has 2 aromatic rings. The van der Waals surface area contributed by atoms with E-state index in [9.17, 15) is 4.79 Å². The molecule has 0 radical (unpaired) electrons. The predicted octanol–water partition coefficient (Wildman–Crippen LogP) is 4.06. The number of ether oxygens (including phenoxy) is 2. The molecule has 1 amide bonds. The summed E-state index contributed by atoms with van der Waals surface area (Å²) in [6, 6.07) is 9.12. The minimum absolute atomic E-state index is 0.0420. The van der Waals surface area contributed by atoms with Crippen LogP contribution in [-0.4, -0.2) is 35.2 Å². The summed E-state index contributed by atoms with van der Waals surface area (Å²) >= 11 is 11.4. The largest absolute Gasteiger partial charge is 0.485 e. The fourth-order valence-corrected chi connectivity index (χ4v) is 3.75. The maximum atomic E-state index is 12.7. The number of amides is 1. The number of rotatable bonds is 6. The fraction of sp³-hybridized carbons (Fsp3) is 0.333. The van der Waals surface area contributed by atoms with Crippen LogP contribution in [0.25, 0.3) is 6.08 Å². The number of nitrogens with one attached hydrogen (secondary N) is 1. The summed E-state index contributed by atoms with van der Waals surface area (Å²) < 4.78 is 17.2. The van der Waals surface area contributed by atoms with Crippen molar-refractivity contribution < 1.29 is 18.7 Å². The van der Waals surface area contributed by atoms with Gasteiger partial charge in [0.05, 0.1) is 12.6 Å². The van der Waals surface area contributed by atoms with Crippen molar-refractivity contribution in [1.82, 2.24) is 10.2 Å². The topological polar surface area (TPSA) is 63.9 Å². The van der Waals surface area contributed by atoms with Crippen molar-refractivity contribution in [2.75, 3.05) is 13.2 Å². The highest BCUT2D eigenvalue weighted by Gasteiger charge is 2.33. The van der Waals surface area contributed by atoms with Crippen molar-refractivity contribution in [3.8, 4) is 5.75 Å². The minimum Gasteiger partial charge on any atom is -0.485 e. The van der Waals surface area contributed by atoms with Crippen molar-refractivity contribution in [3.63, 3.8) is 0 Å². The Hall–Kier alpha value is -2.35. The average molecular weight is 433 g/mol. The van der Waals surface area contributed by atoms with Crippen LogP contribution >= 0.6 is 23.8 Å². The molecular formula is C21H21ClN2O4S. The van der Waals surface area contributed by atoms with E-state index < -0.39 is 0 Å². The number of carbonyl (C=O) groups excluding carboxylic acids is 1. The molecule has 29 heavy (non-hydrogen) atoms. The van der Waals surface area contributed by atoms with E-state index in [2.05, 4.69) is 5.32 Å². The van der Waals surface area contributed by atoms with E-state index in [1.54, 1.807) is 17.0 Å². The lowest BCUT2D eigenvalue weighted by atomic mass is 10.2. The van der Waals surface area contributed by atoms with Crippen LogP contribution in [0.4, 0.5) is 0 Å². The quantitative estimate of drug-likeness (QED) is 0.548. The second-order valence-electron chi connectivity index (χ2n) is 6.99. The van der Waals surface area contributed by atoms with Gasteiger partial charge < -0.3 is 19.2 Å². The van der Waals surface area contributed by atoms with E-state index in [1.807, 2.05) is 31.2 Å². The highest BCUT2D eigenvalue weighted by molar-refractivity contribution is 7.80. The van der Waals surface area contributed by atoms with Gasteiger partial charge in [0.25, 0.3) is 5.91 Å². The van der Waals surface area contributed by atoms with Gasteiger partial charge in [-0.1, -0.05) is 17.7 Å². The highest BCUT2D eigenvalue weighted by Crippen LogP contribution is 2.26. The molecule has 1 N–H and O–H groups in total. The molecule has 8 heteroatoms. The number of benzene rings is 1. The Labute approximate surface area is 179 Å². The Morgan fingerprint density at radius 2 is 2.24 bits per heavy atom. The molecule has 2 aliphatic heterocycles. The summed E-state index contributed by atoms with van der Waals surface area (Å²) in [5, 5.41) is 4.01. The third-order valence-corrected chi connectivity index (χ3v) is 5.66. The second kappa shape index (κ2) is 8.57. The smallest absolute Gasteiger partial charge is 0.276 e. The first-order valence-corrected chi connectivity index (χ1v) is 10.2. The number of furan rings is 1. The van der Waals surface area contributed by atoms with Crippen LogP contribution in [0.1, 0.15) is 29.9 Å². The molecule has 1 aromatic carbocycles. The molecule has 2 saturated heterocycles. The number of thiocarbonyl (C=S) groups is 1. The van der Waals surface area contributed by atoms with E-state index in [0.29, 0.717) is 39.6 Å². The molecule has 0 spiro atoms. The summed E-state index contributed by atoms with van der Waals surface area (Å²) in [7, 11) is 0. The summed E-state index contributed by atoms with van der Waals surface area (Å²) in [5.41, 5.74) is 1.27. The lowest BCUT2D eigenvalue weighted by molar-refractivity contribution is -0.123. The summed E-state index contributed by atoms with van der Waals surface area (Å²) in [6.07, 6.45) is 3.65. The maximum Gasteiger partial charge on any atom is 0.276 e. The molecule has 2 aliphatic rings. The van der Waals surface area contributed by atoms with Gasteiger partial charge in [-0.25, -0.2) is 0 Å². The molecule has 6 nitrogen and oxygen atoms in total. The summed E-state index contributed by atoms with van der Waals surface area (Å²) in [5.74, 6) is 1.72. The Kier molecular flexibility index (Phi) is 5.89. The fourth-order valence-electron chi connectivity index (χ4n) is 3.31. The number of halogens is 1. The first kappa shape index (κ1) is 19.9. The molecule has 0 aliphatic carbocycles. The minimum atomic E-state index is -0.172. The Morgan fingerprint density at radius 3 is 3.03 bits per heavy atom. The number of hydrogen-bond acceptors (Lipinski definition) is 5. The van der Waals surface area contributed by atoms with Gasteiger partial charge in [0.2, 0.25) is 0 Å². The van der Waals surface area contributed by atoms with Gasteiger partial charge in [0.1, 0.15) is 29.6 Å². The normalized spacial score (nSPS) is 20.6. The molecule has 1 aromatic heterocycles. The zero-order chi connectivity index (χ0) is 20.4. The van der Waals surface area contributed by atoms with Crippen molar-refractivity contribution in [3.05, 3.63) is 58.1 Å². The van der Waals surface area contributed by atoms with Gasteiger partial charge in [-0.15, -0.1) is 0 Å².